The molecule has 166 valence electrons. The van der Waals surface area contributed by atoms with Crippen molar-refractivity contribution < 1.29 is 9.90 Å². The number of carbonyl (C=O) groups is 1. The lowest BCUT2D eigenvalue weighted by atomic mass is 10.0. The molecule has 0 spiro atoms. The summed E-state index contributed by atoms with van der Waals surface area (Å²) in [7, 11) is 0. The van der Waals surface area contributed by atoms with Crippen molar-refractivity contribution in [2.75, 3.05) is 26.2 Å². The molecule has 0 atom stereocenters. The first kappa shape index (κ1) is 21.8. The lowest BCUT2D eigenvalue weighted by Crippen LogP contribution is -2.37. The van der Waals surface area contributed by atoms with Gasteiger partial charge < -0.3 is 20.3 Å². The van der Waals surface area contributed by atoms with Crippen molar-refractivity contribution in [2.24, 2.45) is 0 Å². The van der Waals surface area contributed by atoms with Crippen LogP contribution in [0.5, 0.6) is 5.75 Å². The number of aromatic nitrogens is 2. The van der Waals surface area contributed by atoms with Gasteiger partial charge in [0.2, 0.25) is 0 Å². The summed E-state index contributed by atoms with van der Waals surface area (Å²) >= 11 is 0. The summed E-state index contributed by atoms with van der Waals surface area (Å²) in [4.78, 5) is 33.8. The maximum absolute atomic E-state index is 12.5. The van der Waals surface area contributed by atoms with E-state index in [4.69, 9.17) is 0 Å². The van der Waals surface area contributed by atoms with Crippen LogP contribution in [0.15, 0.2) is 53.3 Å². The molecule has 3 N–H and O–H groups in total. The van der Waals surface area contributed by atoms with Crippen LogP contribution in [0.3, 0.4) is 0 Å². The number of aryl methyl sites for hydroxylation is 1. The van der Waals surface area contributed by atoms with Gasteiger partial charge in [0, 0.05) is 24.2 Å². The Morgan fingerprint density at radius 1 is 1.06 bits per heavy atom. The van der Waals surface area contributed by atoms with Gasteiger partial charge in [-0.2, -0.15) is 4.98 Å². The molecule has 1 saturated heterocycles. The Morgan fingerprint density at radius 2 is 1.78 bits per heavy atom. The van der Waals surface area contributed by atoms with Gasteiger partial charge in [0.1, 0.15) is 5.75 Å². The van der Waals surface area contributed by atoms with Gasteiger partial charge in [0.05, 0.1) is 11.4 Å². The zero-order valence-corrected chi connectivity index (χ0v) is 18.2. The third kappa shape index (κ3) is 5.23. The lowest BCUT2D eigenvalue weighted by Gasteiger charge is -2.26. The smallest absolute Gasteiger partial charge is 0.345 e. The van der Waals surface area contributed by atoms with Gasteiger partial charge in [-0.05, 0) is 80.4 Å². The topological polar surface area (TPSA) is 98.3 Å². The second-order valence-electron chi connectivity index (χ2n) is 8.22. The average Bonchev–Trinajstić information content (AvgIpc) is 2.81. The molecule has 1 aliphatic heterocycles. The number of carbonyl (C=O) groups excluding carboxylic acids is 1. The largest absolute Gasteiger partial charge is 0.508 e. The van der Waals surface area contributed by atoms with E-state index in [1.807, 2.05) is 12.1 Å². The number of likely N-dealkylation sites (tertiary alicyclic amines) is 1. The van der Waals surface area contributed by atoms with Gasteiger partial charge in [-0.3, -0.25) is 4.79 Å². The number of hydrogen-bond donors (Lipinski definition) is 3. The number of nitrogens with zero attached hydrogens (tertiary/aromatic N) is 2. The molecule has 7 nitrogen and oxygen atoms in total. The number of H-pyrrole nitrogens is 1. The molecule has 2 heterocycles. The van der Waals surface area contributed by atoms with Crippen molar-refractivity contribution in [1.29, 1.82) is 0 Å². The molecule has 0 unspecified atom stereocenters. The molecule has 3 aromatic rings. The fourth-order valence-electron chi connectivity index (χ4n) is 3.99. The van der Waals surface area contributed by atoms with E-state index in [9.17, 15) is 14.7 Å². The number of amides is 1. The van der Waals surface area contributed by atoms with Crippen molar-refractivity contribution in [3.05, 3.63) is 70.1 Å². The number of aromatic hydroxyl groups is 1. The molecule has 2 aromatic carbocycles. The van der Waals surface area contributed by atoms with Crippen LogP contribution in [0, 0.1) is 6.92 Å². The van der Waals surface area contributed by atoms with E-state index in [1.165, 1.54) is 19.3 Å². The second kappa shape index (κ2) is 9.78. The van der Waals surface area contributed by atoms with Crippen LogP contribution in [0.2, 0.25) is 0 Å². The van der Waals surface area contributed by atoms with Gasteiger partial charge in [-0.15, -0.1) is 0 Å². The van der Waals surface area contributed by atoms with Gasteiger partial charge in [0.15, 0.2) is 0 Å². The first-order valence-corrected chi connectivity index (χ1v) is 11.0. The fraction of sp³-hybridized carbons (Fsp3) is 0.320. The Labute approximate surface area is 187 Å². The third-order valence-electron chi connectivity index (χ3n) is 5.86. The molecule has 7 heteroatoms. The van der Waals surface area contributed by atoms with Crippen LogP contribution in [-0.2, 0) is 0 Å². The predicted molar refractivity (Wildman–Crippen MR) is 125 cm³/mol. The number of piperidine rings is 1. The van der Waals surface area contributed by atoms with Crippen LogP contribution in [0.4, 0.5) is 0 Å². The number of rotatable bonds is 6. The zero-order valence-electron chi connectivity index (χ0n) is 18.2. The van der Waals surface area contributed by atoms with Gasteiger partial charge >= 0.3 is 5.69 Å². The lowest BCUT2D eigenvalue weighted by molar-refractivity contribution is 0.0946. The van der Waals surface area contributed by atoms with Crippen LogP contribution in [0.25, 0.3) is 22.5 Å². The Morgan fingerprint density at radius 3 is 2.50 bits per heavy atom. The van der Waals surface area contributed by atoms with Crippen LogP contribution < -0.4 is 11.0 Å². The highest BCUT2D eigenvalue weighted by Crippen LogP contribution is 2.26. The van der Waals surface area contributed by atoms with Crippen molar-refractivity contribution >= 4 is 5.91 Å². The summed E-state index contributed by atoms with van der Waals surface area (Å²) in [5.41, 5.74) is 3.50. The highest BCUT2D eigenvalue weighted by Gasteiger charge is 2.12. The first-order chi connectivity index (χ1) is 15.5. The first-order valence-electron chi connectivity index (χ1n) is 11.0. The number of hydrogen-bond acceptors (Lipinski definition) is 5. The molecular formula is C25H28N4O3. The molecular weight excluding hydrogens is 404 g/mol. The maximum atomic E-state index is 12.5. The quantitative estimate of drug-likeness (QED) is 0.555. The van der Waals surface area contributed by atoms with Gasteiger partial charge in [-0.25, -0.2) is 4.79 Å². The average molecular weight is 433 g/mol. The molecule has 1 aliphatic rings. The Balaban J connectivity index is 1.45. The van der Waals surface area contributed by atoms with Crippen LogP contribution in [-0.4, -0.2) is 52.1 Å². The molecule has 0 radical (unpaired) electrons. The Bertz CT molecular complexity index is 1150. The normalized spacial score (nSPS) is 14.3. The van der Waals surface area contributed by atoms with E-state index < -0.39 is 5.69 Å². The van der Waals surface area contributed by atoms with Crippen molar-refractivity contribution in [1.82, 2.24) is 20.2 Å². The predicted octanol–water partition coefficient (Wildman–Crippen LogP) is 3.33. The van der Waals surface area contributed by atoms with Crippen molar-refractivity contribution in [3.8, 4) is 28.3 Å². The van der Waals surface area contributed by atoms with Gasteiger partial charge in [-0.1, -0.05) is 18.6 Å². The highest BCUT2D eigenvalue weighted by atomic mass is 16.3. The number of phenolic OH excluding ortho intramolecular Hbond substituents is 1. The second-order valence-corrected chi connectivity index (χ2v) is 8.22. The molecule has 1 aromatic heterocycles. The van der Waals surface area contributed by atoms with E-state index in [0.717, 1.165) is 30.8 Å². The molecule has 32 heavy (non-hydrogen) atoms. The molecule has 4 rings (SSSR count). The SMILES string of the molecule is Cc1cc(-c2cc(-c3ccc(C(=O)NCCN4CCCCC4)cc3)[nH]c(=O)n2)ccc1O. The Hall–Kier alpha value is -3.45. The molecule has 0 bridgehead atoms. The summed E-state index contributed by atoms with van der Waals surface area (Å²) in [6.07, 6.45) is 3.77. The van der Waals surface area contributed by atoms with E-state index in [2.05, 4.69) is 20.2 Å². The maximum Gasteiger partial charge on any atom is 0.345 e. The minimum Gasteiger partial charge on any atom is -0.508 e. The summed E-state index contributed by atoms with van der Waals surface area (Å²) in [5.74, 6) is 0.0978. The van der Waals surface area contributed by atoms with E-state index in [-0.39, 0.29) is 11.7 Å². The fourth-order valence-corrected chi connectivity index (χ4v) is 3.99. The standard InChI is InChI=1S/C25H28N4O3/c1-17-15-20(9-10-23(17)30)22-16-21(27-25(32)28-22)18-5-7-19(8-6-18)24(31)26-11-14-29-12-3-2-4-13-29/h5-10,15-16,30H,2-4,11-14H2,1H3,(H,26,31)(H,27,28,32). The molecule has 1 amide bonds. The highest BCUT2D eigenvalue weighted by molar-refractivity contribution is 5.94. The summed E-state index contributed by atoms with van der Waals surface area (Å²) < 4.78 is 0. The number of nitrogens with one attached hydrogen (secondary N) is 2. The minimum absolute atomic E-state index is 0.1000. The van der Waals surface area contributed by atoms with Crippen molar-refractivity contribution in [2.45, 2.75) is 26.2 Å². The number of benzene rings is 2. The van der Waals surface area contributed by atoms with Gasteiger partial charge in [0.25, 0.3) is 5.91 Å². The molecule has 0 aliphatic carbocycles. The summed E-state index contributed by atoms with van der Waals surface area (Å²) in [6, 6.07) is 14.0. The minimum atomic E-state index is -0.456. The number of phenols is 1. The van der Waals surface area contributed by atoms with E-state index in [1.54, 1.807) is 43.3 Å². The van der Waals surface area contributed by atoms with Crippen molar-refractivity contribution in [3.63, 3.8) is 0 Å². The Kier molecular flexibility index (Phi) is 6.66. The third-order valence-corrected chi connectivity index (χ3v) is 5.86. The molecule has 0 saturated carbocycles. The summed E-state index contributed by atoms with van der Waals surface area (Å²) in [6.45, 7) is 5.53. The molecule has 1 fully saturated rings. The summed E-state index contributed by atoms with van der Waals surface area (Å²) in [5, 5.41) is 12.7. The van der Waals surface area contributed by atoms with Crippen LogP contribution >= 0.6 is 0 Å². The number of aromatic amines is 1. The van der Waals surface area contributed by atoms with E-state index in [0.29, 0.717) is 29.1 Å². The van der Waals surface area contributed by atoms with Crippen LogP contribution in [0.1, 0.15) is 35.2 Å². The van der Waals surface area contributed by atoms with E-state index >= 15 is 0 Å². The monoisotopic (exact) mass is 432 g/mol. The zero-order chi connectivity index (χ0) is 22.5.